The largest absolute Gasteiger partial charge is 0.444 e. The lowest BCUT2D eigenvalue weighted by Gasteiger charge is -2.61. The van der Waals surface area contributed by atoms with Crippen LogP contribution in [0, 0.1) is 17.2 Å². The van der Waals surface area contributed by atoms with Crippen LogP contribution >= 0.6 is 0 Å². The number of benzene rings is 1. The number of hydrogen-bond acceptors (Lipinski definition) is 5. The molecule has 2 aliphatic carbocycles. The molecule has 4 aliphatic rings. The summed E-state index contributed by atoms with van der Waals surface area (Å²) < 4.78 is 5.67. The SMILES string of the molecule is CC(C)(C)OC(=O)N1CCC23CCN(CC4CC4)C(Cc4ccc(C#N)cc42)C3(O)CC1. The Labute approximate surface area is 191 Å². The smallest absolute Gasteiger partial charge is 0.410 e. The number of nitriles is 1. The molecular formula is C26H35N3O3. The van der Waals surface area contributed by atoms with E-state index in [1.807, 2.05) is 32.9 Å². The quantitative estimate of drug-likeness (QED) is 0.765. The molecule has 3 unspecified atom stereocenters. The van der Waals surface area contributed by atoms with Gasteiger partial charge in [0.25, 0.3) is 0 Å². The number of amides is 1. The fraction of sp³-hybridized carbons (Fsp3) is 0.692. The molecule has 0 radical (unpaired) electrons. The fourth-order valence-corrected chi connectivity index (χ4v) is 6.46. The van der Waals surface area contributed by atoms with E-state index in [9.17, 15) is 15.2 Å². The first-order valence-corrected chi connectivity index (χ1v) is 12.1. The summed E-state index contributed by atoms with van der Waals surface area (Å²) in [6.45, 7) is 8.74. The molecule has 3 fully saturated rings. The topological polar surface area (TPSA) is 76.8 Å². The number of aliphatic hydroxyl groups is 1. The van der Waals surface area contributed by atoms with Gasteiger partial charge >= 0.3 is 6.09 Å². The van der Waals surface area contributed by atoms with Gasteiger partial charge in [-0.15, -0.1) is 0 Å². The van der Waals surface area contributed by atoms with Crippen molar-refractivity contribution in [2.24, 2.45) is 5.92 Å². The molecule has 2 bridgehead atoms. The Morgan fingerprint density at radius 3 is 2.62 bits per heavy atom. The first-order chi connectivity index (χ1) is 15.1. The number of carbonyl (C=O) groups excluding carboxylic acids is 1. The molecule has 0 spiro atoms. The molecule has 6 nitrogen and oxygen atoms in total. The second-order valence-electron chi connectivity index (χ2n) is 11.4. The van der Waals surface area contributed by atoms with Crippen LogP contribution in [0.2, 0.25) is 0 Å². The van der Waals surface area contributed by atoms with Gasteiger partial charge in [0, 0.05) is 31.1 Å². The van der Waals surface area contributed by atoms with Crippen molar-refractivity contribution in [1.82, 2.24) is 9.80 Å². The highest BCUT2D eigenvalue weighted by Gasteiger charge is 2.63. The number of ether oxygens (including phenoxy) is 1. The number of likely N-dealkylation sites (tertiary alicyclic amines) is 2. The molecule has 1 amide bonds. The van der Waals surface area contributed by atoms with Gasteiger partial charge in [0.2, 0.25) is 0 Å². The predicted molar refractivity (Wildman–Crippen MR) is 121 cm³/mol. The van der Waals surface area contributed by atoms with Crippen LogP contribution in [-0.2, 0) is 16.6 Å². The molecule has 1 aromatic rings. The van der Waals surface area contributed by atoms with E-state index in [1.165, 1.54) is 18.4 Å². The Morgan fingerprint density at radius 2 is 1.94 bits per heavy atom. The predicted octanol–water partition coefficient (Wildman–Crippen LogP) is 3.60. The average molecular weight is 438 g/mol. The van der Waals surface area contributed by atoms with Crippen LogP contribution in [0.15, 0.2) is 18.2 Å². The van der Waals surface area contributed by atoms with Crippen molar-refractivity contribution in [3.63, 3.8) is 0 Å². The van der Waals surface area contributed by atoms with Crippen molar-refractivity contribution < 1.29 is 14.6 Å². The van der Waals surface area contributed by atoms with Crippen LogP contribution in [-0.4, -0.2) is 64.4 Å². The third-order valence-corrected chi connectivity index (χ3v) is 8.23. The van der Waals surface area contributed by atoms with Gasteiger partial charge in [-0.25, -0.2) is 4.79 Å². The molecule has 172 valence electrons. The van der Waals surface area contributed by atoms with Crippen molar-refractivity contribution >= 4 is 6.09 Å². The van der Waals surface area contributed by atoms with E-state index in [4.69, 9.17) is 4.74 Å². The Morgan fingerprint density at radius 1 is 1.22 bits per heavy atom. The molecule has 3 atom stereocenters. The number of rotatable bonds is 2. The van der Waals surface area contributed by atoms with Gasteiger partial charge in [0.1, 0.15) is 5.60 Å². The van der Waals surface area contributed by atoms with Crippen LogP contribution < -0.4 is 0 Å². The van der Waals surface area contributed by atoms with Gasteiger partial charge in [-0.3, -0.25) is 4.90 Å². The Hall–Kier alpha value is -2.10. The zero-order valence-corrected chi connectivity index (χ0v) is 19.6. The van der Waals surface area contributed by atoms with E-state index in [0.29, 0.717) is 31.5 Å². The average Bonchev–Trinajstić information content (AvgIpc) is 3.55. The van der Waals surface area contributed by atoms with E-state index in [-0.39, 0.29) is 12.1 Å². The standard InChI is InChI=1S/C26H35N3O3/c1-24(2,3)32-23(30)28-11-8-25-9-12-29(17-18-4-5-18)22(26(25,31)10-13-28)15-20-7-6-19(16-27)14-21(20)25/h6-7,14,18,22,31H,4-5,8-13,15,17H2,1-3H3. The van der Waals surface area contributed by atoms with Gasteiger partial charge < -0.3 is 14.7 Å². The van der Waals surface area contributed by atoms with E-state index in [2.05, 4.69) is 17.0 Å². The van der Waals surface area contributed by atoms with Crippen molar-refractivity contribution in [1.29, 1.82) is 5.26 Å². The summed E-state index contributed by atoms with van der Waals surface area (Å²) in [5.41, 5.74) is 1.13. The summed E-state index contributed by atoms with van der Waals surface area (Å²) in [4.78, 5) is 17.2. The lowest BCUT2D eigenvalue weighted by molar-refractivity contribution is -0.149. The number of nitrogens with zero attached hydrogens (tertiary/aromatic N) is 3. The van der Waals surface area contributed by atoms with E-state index >= 15 is 0 Å². The second kappa shape index (κ2) is 7.46. The number of fused-ring (bicyclic) bond motifs is 1. The maximum atomic E-state index is 12.9. The summed E-state index contributed by atoms with van der Waals surface area (Å²) in [6, 6.07) is 8.36. The van der Waals surface area contributed by atoms with E-state index < -0.39 is 16.6 Å². The van der Waals surface area contributed by atoms with Crippen LogP contribution in [0.5, 0.6) is 0 Å². The molecule has 1 aromatic carbocycles. The van der Waals surface area contributed by atoms with Crippen molar-refractivity contribution in [3.8, 4) is 6.07 Å². The summed E-state index contributed by atoms with van der Waals surface area (Å²) in [6.07, 6.45) is 5.18. The van der Waals surface area contributed by atoms with Gasteiger partial charge in [-0.2, -0.15) is 5.26 Å². The highest BCUT2D eigenvalue weighted by Crippen LogP contribution is 2.56. The molecule has 5 rings (SSSR count). The maximum Gasteiger partial charge on any atom is 0.410 e. The monoisotopic (exact) mass is 437 g/mol. The minimum absolute atomic E-state index is 0.0517. The molecule has 32 heavy (non-hydrogen) atoms. The van der Waals surface area contributed by atoms with Crippen molar-refractivity contribution in [2.45, 2.75) is 82.0 Å². The molecule has 1 N–H and O–H groups in total. The number of piperidine rings is 1. The van der Waals surface area contributed by atoms with Crippen LogP contribution in [0.3, 0.4) is 0 Å². The molecule has 1 saturated carbocycles. The summed E-state index contributed by atoms with van der Waals surface area (Å²) in [7, 11) is 0. The lowest BCUT2D eigenvalue weighted by Crippen LogP contribution is -2.71. The number of carbonyl (C=O) groups is 1. The van der Waals surface area contributed by atoms with Crippen LogP contribution in [0.4, 0.5) is 4.79 Å². The third-order valence-electron chi connectivity index (χ3n) is 8.23. The van der Waals surface area contributed by atoms with Gasteiger partial charge in [0.15, 0.2) is 0 Å². The lowest BCUT2D eigenvalue weighted by atomic mass is 9.52. The van der Waals surface area contributed by atoms with Crippen molar-refractivity contribution in [2.75, 3.05) is 26.2 Å². The molecule has 6 heteroatoms. The first kappa shape index (κ1) is 21.7. The molecule has 2 heterocycles. The van der Waals surface area contributed by atoms with Crippen LogP contribution in [0.25, 0.3) is 0 Å². The zero-order valence-electron chi connectivity index (χ0n) is 19.6. The highest BCUT2D eigenvalue weighted by molar-refractivity contribution is 5.68. The Bertz CT molecular complexity index is 960. The van der Waals surface area contributed by atoms with Gasteiger partial charge in [-0.05, 0) is 95.0 Å². The number of hydrogen-bond donors (Lipinski definition) is 1. The Balaban J connectivity index is 1.54. The van der Waals surface area contributed by atoms with E-state index in [1.54, 1.807) is 4.90 Å². The minimum Gasteiger partial charge on any atom is -0.444 e. The molecule has 0 aromatic heterocycles. The summed E-state index contributed by atoms with van der Waals surface area (Å²) >= 11 is 0. The Kier molecular flexibility index (Phi) is 5.07. The highest BCUT2D eigenvalue weighted by atomic mass is 16.6. The third kappa shape index (κ3) is 3.50. The zero-order chi connectivity index (χ0) is 22.7. The first-order valence-electron chi connectivity index (χ1n) is 12.1. The summed E-state index contributed by atoms with van der Waals surface area (Å²) in [5.74, 6) is 0.762. The minimum atomic E-state index is -0.919. The fourth-order valence-electron chi connectivity index (χ4n) is 6.46. The van der Waals surface area contributed by atoms with Crippen LogP contribution in [0.1, 0.15) is 69.6 Å². The normalized spacial score (nSPS) is 32.3. The maximum absolute atomic E-state index is 12.9. The molecular weight excluding hydrogens is 402 g/mol. The van der Waals surface area contributed by atoms with Gasteiger partial charge in [0.05, 0.1) is 17.2 Å². The second-order valence-corrected chi connectivity index (χ2v) is 11.4. The summed E-state index contributed by atoms with van der Waals surface area (Å²) in [5, 5.41) is 22.0. The van der Waals surface area contributed by atoms with Crippen molar-refractivity contribution in [3.05, 3.63) is 34.9 Å². The molecule has 2 aliphatic heterocycles. The van der Waals surface area contributed by atoms with Gasteiger partial charge in [-0.1, -0.05) is 6.07 Å². The molecule has 2 saturated heterocycles. The van der Waals surface area contributed by atoms with E-state index in [0.717, 1.165) is 37.4 Å².